The Bertz CT molecular complexity index is 3380. The van der Waals surface area contributed by atoms with Crippen molar-refractivity contribution in [3.05, 3.63) is 189 Å². The minimum atomic E-state index is -2.64. The summed E-state index contributed by atoms with van der Waals surface area (Å²) in [4.78, 5) is 127. The van der Waals surface area contributed by atoms with Gasteiger partial charge in [-0.2, -0.15) is 0 Å². The second kappa shape index (κ2) is 23.9. The van der Waals surface area contributed by atoms with Crippen LogP contribution in [0.25, 0.3) is 0 Å². The lowest BCUT2D eigenvalue weighted by Crippen LogP contribution is -2.82. The lowest BCUT2D eigenvalue weighted by Gasteiger charge is -2.67. The van der Waals surface area contributed by atoms with Gasteiger partial charge in [0.05, 0.1) is 28.4 Å². The molecule has 0 radical (unpaired) electrons. The number of nitrogens with one attached hydrogen (secondary N) is 1. The van der Waals surface area contributed by atoms with Gasteiger partial charge in [0.2, 0.25) is 6.10 Å². The number of aliphatic hydroxyl groups is 1. The monoisotopic (exact) mass is 1150 g/mol. The van der Waals surface area contributed by atoms with Crippen LogP contribution in [0.4, 0.5) is 15.3 Å². The van der Waals surface area contributed by atoms with Crippen molar-refractivity contribution in [2.24, 2.45) is 16.7 Å². The van der Waals surface area contributed by atoms with Gasteiger partial charge in [0.1, 0.15) is 48.4 Å². The molecule has 0 spiro atoms. The highest BCUT2D eigenvalue weighted by molar-refractivity contribution is 5.97. The number of hydrogen-bond acceptors (Lipinski definition) is 20. The van der Waals surface area contributed by atoms with Crippen molar-refractivity contribution >= 4 is 53.6 Å². The standard InChI is InChI=1S/C62H60N2O20/c1-35-44(80-56(70)50(82-57(71)76-33-38-19-11-7-12-20-38)48(39-21-13-8-14-22-39)63-54(68)40-23-15-9-16-24-40)32-62(73)53(83-55(69)41-25-17-10-18-26-41)51-60(6,52(67)49(78-36(2)65)47(35)59(62,4)5)45(31-46-61(51,34-77-46)84-37(3)66)81-58(72)79-43-29-27-42(28-30-43)64(74)75/h7-30,44-46,48-51,53,73H,31-34H2,1-6H3,(H,63,68)/t44-,45-,46?,48-,49+,50+,51-,53-,60?,61+,62+/m0/s1. The number of nitro groups is 1. The lowest BCUT2D eigenvalue weighted by molar-refractivity contribution is -0.384. The first-order valence-electron chi connectivity index (χ1n) is 26.8. The van der Waals surface area contributed by atoms with Crippen molar-refractivity contribution < 1.29 is 91.0 Å². The maximum atomic E-state index is 16.4. The smallest absolute Gasteiger partial charge is 0.455 e. The molecule has 9 rings (SSSR count). The number of nitro benzene ring substituents is 1. The molecule has 3 fully saturated rings. The lowest BCUT2D eigenvalue weighted by atomic mass is 9.44. The molecule has 4 aliphatic rings. The molecule has 1 saturated heterocycles. The van der Waals surface area contributed by atoms with E-state index in [1.165, 1.54) is 52.0 Å². The molecule has 11 atom stereocenters. The SMILES string of the molecule is CC(=O)O[C@H]1C(=O)C2(C)[C@@H](OC(=O)Oc3ccc([N+](=O)[O-])cc3)CC3OC[C@]3(OC(C)=O)[C@H]2[C@H](OC(=O)c2ccccc2)[C@]2(O)C[C@H](OC(=O)[C@H](OC(=O)OCc3ccccc3)[C@@H](NC(=O)c3ccccc3)c3ccccc3)C(C)=C1C2(C)C. The Morgan fingerprint density at radius 3 is 1.92 bits per heavy atom. The number of benzene rings is 5. The van der Waals surface area contributed by atoms with Gasteiger partial charge in [-0.1, -0.05) is 111 Å². The molecule has 5 aromatic carbocycles. The normalized spacial score (nSPS) is 26.2. The summed E-state index contributed by atoms with van der Waals surface area (Å²) in [5.74, 6) is -8.05. The van der Waals surface area contributed by atoms with E-state index in [1.54, 1.807) is 97.1 Å². The molecule has 0 aromatic heterocycles. The summed E-state index contributed by atoms with van der Waals surface area (Å²) in [6.45, 7) is 7.08. The van der Waals surface area contributed by atoms with E-state index >= 15 is 9.59 Å². The van der Waals surface area contributed by atoms with Gasteiger partial charge in [-0.25, -0.2) is 19.2 Å². The number of carbonyl (C=O) groups excluding carboxylic acids is 8. The van der Waals surface area contributed by atoms with Crippen LogP contribution >= 0.6 is 0 Å². The number of Topliss-reactive ketones (excluding diaryl/α,β-unsaturated/α-hetero) is 1. The molecule has 22 nitrogen and oxygen atoms in total. The molecule has 2 unspecified atom stereocenters. The molecule has 3 aliphatic carbocycles. The van der Waals surface area contributed by atoms with Gasteiger partial charge in [-0.05, 0) is 72.5 Å². The van der Waals surface area contributed by atoms with E-state index in [1.807, 2.05) is 0 Å². The number of ether oxygens (including phenoxy) is 9. The van der Waals surface area contributed by atoms with E-state index in [4.69, 9.17) is 42.6 Å². The molecule has 2 bridgehead atoms. The summed E-state index contributed by atoms with van der Waals surface area (Å²) in [7, 11) is 0. The first-order chi connectivity index (χ1) is 40.0. The van der Waals surface area contributed by atoms with Crippen molar-refractivity contribution in [1.82, 2.24) is 5.32 Å². The minimum absolute atomic E-state index is 0.0215. The molecule has 1 amide bonds. The van der Waals surface area contributed by atoms with Crippen LogP contribution in [-0.4, -0.2) is 112 Å². The molecule has 438 valence electrons. The van der Waals surface area contributed by atoms with E-state index < -0.39 is 143 Å². The first-order valence-corrected chi connectivity index (χ1v) is 26.8. The average molecular weight is 1150 g/mol. The summed E-state index contributed by atoms with van der Waals surface area (Å²) < 4.78 is 54.3. The Balaban J connectivity index is 1.20. The van der Waals surface area contributed by atoms with Crippen LogP contribution in [0.5, 0.6) is 5.75 Å². The van der Waals surface area contributed by atoms with Crippen LogP contribution in [0.1, 0.15) is 92.3 Å². The van der Waals surface area contributed by atoms with Gasteiger partial charge in [0.25, 0.3) is 11.6 Å². The van der Waals surface area contributed by atoms with E-state index in [0.29, 0.717) is 5.56 Å². The van der Waals surface area contributed by atoms with Crippen LogP contribution in [0.15, 0.2) is 157 Å². The third-order valence-corrected chi connectivity index (χ3v) is 16.3. The Kier molecular flexibility index (Phi) is 16.9. The Morgan fingerprint density at radius 2 is 1.35 bits per heavy atom. The third-order valence-electron chi connectivity index (χ3n) is 16.3. The zero-order chi connectivity index (χ0) is 60.3. The van der Waals surface area contributed by atoms with Gasteiger partial charge in [0, 0.05) is 49.8 Å². The summed E-state index contributed by atoms with van der Waals surface area (Å²) in [6, 6.07) is 35.1. The maximum Gasteiger partial charge on any atom is 0.514 e. The average Bonchev–Trinajstić information content (AvgIpc) is 0.754. The Morgan fingerprint density at radius 1 is 0.750 bits per heavy atom. The number of hydrogen-bond donors (Lipinski definition) is 2. The van der Waals surface area contributed by atoms with E-state index in [2.05, 4.69) is 5.32 Å². The van der Waals surface area contributed by atoms with Crippen LogP contribution < -0.4 is 10.1 Å². The van der Waals surface area contributed by atoms with Gasteiger partial charge in [-0.3, -0.25) is 29.3 Å². The number of fused-ring (bicyclic) bond motifs is 5. The fraction of sp³-hybridized carbons (Fsp3) is 0.355. The number of non-ortho nitro benzene ring substituents is 1. The molecule has 84 heavy (non-hydrogen) atoms. The Labute approximate surface area is 481 Å². The topological polar surface area (TPSA) is 295 Å². The van der Waals surface area contributed by atoms with Crippen molar-refractivity contribution in [2.45, 2.75) is 115 Å². The second-order valence-electron chi connectivity index (χ2n) is 21.7. The molecule has 2 N–H and O–H groups in total. The van der Waals surface area contributed by atoms with Crippen LogP contribution in [0.2, 0.25) is 0 Å². The largest absolute Gasteiger partial charge is 0.514 e. The molecule has 22 heteroatoms. The first kappa shape index (κ1) is 59.3. The number of amides is 1. The number of nitrogens with zero attached hydrogens (tertiary/aromatic N) is 1. The molecular formula is C62H60N2O20. The van der Waals surface area contributed by atoms with E-state index in [-0.39, 0.29) is 45.9 Å². The Hall–Kier alpha value is -9.28. The molecule has 2 saturated carbocycles. The van der Waals surface area contributed by atoms with Crippen molar-refractivity contribution in [1.29, 1.82) is 0 Å². The van der Waals surface area contributed by atoms with Crippen molar-refractivity contribution in [3.63, 3.8) is 0 Å². The second-order valence-corrected chi connectivity index (χ2v) is 21.7. The van der Waals surface area contributed by atoms with Gasteiger partial charge < -0.3 is 53.1 Å². The highest BCUT2D eigenvalue weighted by Crippen LogP contribution is 2.65. The fourth-order valence-electron chi connectivity index (χ4n) is 12.2. The van der Waals surface area contributed by atoms with Crippen LogP contribution in [0.3, 0.4) is 0 Å². The van der Waals surface area contributed by atoms with Gasteiger partial charge in [0.15, 0.2) is 17.5 Å². The van der Waals surface area contributed by atoms with Crippen molar-refractivity contribution in [3.8, 4) is 5.75 Å². The van der Waals surface area contributed by atoms with Gasteiger partial charge >= 0.3 is 36.2 Å². The molecule has 1 heterocycles. The van der Waals surface area contributed by atoms with E-state index in [9.17, 15) is 44.0 Å². The minimum Gasteiger partial charge on any atom is -0.455 e. The van der Waals surface area contributed by atoms with Crippen molar-refractivity contribution in [2.75, 3.05) is 6.61 Å². The predicted octanol–water partition coefficient (Wildman–Crippen LogP) is 8.23. The fourth-order valence-corrected chi connectivity index (χ4v) is 12.2. The maximum absolute atomic E-state index is 16.4. The predicted molar refractivity (Wildman–Crippen MR) is 291 cm³/mol. The quantitative estimate of drug-likeness (QED) is 0.0235. The number of ketones is 1. The number of rotatable bonds is 16. The number of carbonyl (C=O) groups is 8. The number of esters is 4. The highest BCUT2D eigenvalue weighted by Gasteiger charge is 2.79. The van der Waals surface area contributed by atoms with E-state index in [0.717, 1.165) is 38.1 Å². The van der Waals surface area contributed by atoms with Crippen LogP contribution in [0, 0.1) is 26.9 Å². The summed E-state index contributed by atoms with van der Waals surface area (Å²) >= 11 is 0. The molecular weight excluding hydrogens is 1090 g/mol. The van der Waals surface area contributed by atoms with Crippen LogP contribution in [-0.2, 0) is 63.7 Å². The molecule has 1 aliphatic heterocycles. The summed E-state index contributed by atoms with van der Waals surface area (Å²) in [5, 5.41) is 28.5. The summed E-state index contributed by atoms with van der Waals surface area (Å²) in [5.41, 5.74) is -8.38. The van der Waals surface area contributed by atoms with Gasteiger partial charge in [-0.15, -0.1) is 0 Å². The third kappa shape index (κ3) is 11.5. The zero-order valence-corrected chi connectivity index (χ0v) is 46.5. The zero-order valence-electron chi connectivity index (χ0n) is 46.5. The highest BCUT2D eigenvalue weighted by atomic mass is 16.7. The molecule has 5 aromatic rings. The summed E-state index contributed by atoms with van der Waals surface area (Å²) in [6.07, 6.45) is -14.8.